The smallest absolute Gasteiger partial charge is 0.218 e. The fourth-order valence-corrected chi connectivity index (χ4v) is 5.74. The summed E-state index contributed by atoms with van der Waals surface area (Å²) in [5.74, 6) is 0.229. The van der Waals surface area contributed by atoms with Gasteiger partial charge in [-0.25, -0.2) is 0 Å². The van der Waals surface area contributed by atoms with E-state index in [-0.39, 0.29) is 35.5 Å². The lowest BCUT2D eigenvalue weighted by molar-refractivity contribution is -0.163. The molecular formula is C25H23NO6. The molecule has 4 aliphatic rings. The normalized spacial score (nSPS) is 31.7. The Labute approximate surface area is 185 Å². The summed E-state index contributed by atoms with van der Waals surface area (Å²) in [6.45, 7) is 0.319. The summed E-state index contributed by atoms with van der Waals surface area (Å²) >= 11 is 0. The number of para-hydroxylation sites is 1. The Balaban J connectivity index is 1.49. The number of fused-ring (bicyclic) bond motifs is 8. The minimum atomic E-state index is -0.830. The first-order valence-electron chi connectivity index (χ1n) is 10.7. The molecule has 0 aliphatic carbocycles. The van der Waals surface area contributed by atoms with Crippen LogP contribution in [-0.4, -0.2) is 56.9 Å². The van der Waals surface area contributed by atoms with Gasteiger partial charge in [0.25, 0.3) is 0 Å². The minimum Gasteiger partial charge on any atom is -0.493 e. The van der Waals surface area contributed by atoms with E-state index in [1.807, 2.05) is 36.4 Å². The van der Waals surface area contributed by atoms with Gasteiger partial charge in [-0.15, -0.1) is 0 Å². The summed E-state index contributed by atoms with van der Waals surface area (Å²) in [5, 5.41) is 0. The summed E-state index contributed by atoms with van der Waals surface area (Å²) in [4.78, 5) is 29.4. The first-order valence-corrected chi connectivity index (χ1v) is 10.7. The number of carbonyl (C=O) groups is 2. The number of hydrogen-bond acceptors (Lipinski definition) is 7. The number of benzene rings is 2. The number of hydrogen-bond donors (Lipinski definition) is 0. The number of nitrogens with zero attached hydrogens (tertiary/aromatic N) is 1. The lowest BCUT2D eigenvalue weighted by Gasteiger charge is -2.35. The van der Waals surface area contributed by atoms with E-state index in [1.165, 1.54) is 0 Å². The van der Waals surface area contributed by atoms with Gasteiger partial charge in [-0.1, -0.05) is 30.4 Å². The highest BCUT2D eigenvalue weighted by molar-refractivity contribution is 6.05. The van der Waals surface area contributed by atoms with Crippen molar-refractivity contribution < 1.29 is 28.5 Å². The molecule has 4 aliphatic heterocycles. The van der Waals surface area contributed by atoms with Crippen LogP contribution >= 0.6 is 0 Å². The molecule has 0 spiro atoms. The molecule has 0 N–H and O–H groups in total. The molecule has 2 aromatic carbocycles. The number of Topliss-reactive ketones (excluding diaryl/α,β-unsaturated/α-hetero) is 2. The molecule has 3 saturated heterocycles. The maximum absolute atomic E-state index is 14.0. The third kappa shape index (κ3) is 2.61. The molecule has 0 amide bonds. The second-order valence-electron chi connectivity index (χ2n) is 8.54. The molecule has 6 atom stereocenters. The maximum Gasteiger partial charge on any atom is 0.218 e. The molecule has 164 valence electrons. The van der Waals surface area contributed by atoms with Crippen molar-refractivity contribution in [1.29, 1.82) is 0 Å². The van der Waals surface area contributed by atoms with Crippen molar-refractivity contribution in [3.63, 3.8) is 0 Å². The molecule has 2 aromatic rings. The second-order valence-corrected chi connectivity index (χ2v) is 8.54. The van der Waals surface area contributed by atoms with Crippen molar-refractivity contribution in [3.8, 4) is 11.5 Å². The van der Waals surface area contributed by atoms with E-state index in [2.05, 4.69) is 4.90 Å². The number of rotatable bonds is 4. The Bertz CT molecular complexity index is 1140. The Morgan fingerprint density at radius 2 is 1.91 bits per heavy atom. The van der Waals surface area contributed by atoms with Crippen molar-refractivity contribution in [2.24, 2.45) is 11.8 Å². The summed E-state index contributed by atoms with van der Waals surface area (Å²) in [7, 11) is 3.10. The van der Waals surface area contributed by atoms with Gasteiger partial charge in [-0.3, -0.25) is 9.59 Å². The number of ketones is 2. The highest BCUT2D eigenvalue weighted by Crippen LogP contribution is 2.51. The van der Waals surface area contributed by atoms with Gasteiger partial charge < -0.3 is 23.8 Å². The predicted molar refractivity (Wildman–Crippen MR) is 116 cm³/mol. The third-order valence-electron chi connectivity index (χ3n) is 7.09. The van der Waals surface area contributed by atoms with Gasteiger partial charge in [-0.2, -0.15) is 0 Å². The standard InChI is InChI=1S/C25H23NO6/c1-29-17-10-8-14(11-18(17)30-2)23(27)22-21-19-12-31-25(32-19)24(28)20(21)16-9-7-13-5-3-4-6-15(13)26(16)22/h3-11,16,19-22,25H,12H2,1-2H3/t16-,19-,20-,21-,22-,25+/m1/s1. The van der Waals surface area contributed by atoms with Crippen LogP contribution in [0.5, 0.6) is 11.5 Å². The maximum atomic E-state index is 14.0. The van der Waals surface area contributed by atoms with Crippen molar-refractivity contribution >= 4 is 23.3 Å². The van der Waals surface area contributed by atoms with E-state index in [9.17, 15) is 9.59 Å². The molecule has 7 heteroatoms. The number of ether oxygens (including phenoxy) is 4. The topological polar surface area (TPSA) is 74.3 Å². The second kappa shape index (κ2) is 7.18. The monoisotopic (exact) mass is 433 g/mol. The van der Waals surface area contributed by atoms with Crippen LogP contribution in [0.25, 0.3) is 6.08 Å². The lowest BCUT2D eigenvalue weighted by Crippen LogP contribution is -2.48. The van der Waals surface area contributed by atoms with E-state index in [1.54, 1.807) is 32.4 Å². The molecule has 32 heavy (non-hydrogen) atoms. The van der Waals surface area contributed by atoms with Crippen LogP contribution in [0.3, 0.4) is 0 Å². The lowest BCUT2D eigenvalue weighted by atomic mass is 9.77. The molecule has 0 unspecified atom stereocenters. The molecule has 0 aromatic heterocycles. The molecule has 4 heterocycles. The minimum absolute atomic E-state index is 0.0738. The van der Waals surface area contributed by atoms with Crippen molar-refractivity contribution in [3.05, 3.63) is 59.7 Å². The number of carbonyl (C=O) groups excluding carboxylic acids is 2. The Morgan fingerprint density at radius 3 is 2.72 bits per heavy atom. The highest BCUT2D eigenvalue weighted by atomic mass is 16.7. The van der Waals surface area contributed by atoms with E-state index >= 15 is 0 Å². The van der Waals surface area contributed by atoms with Gasteiger partial charge in [0.1, 0.15) is 0 Å². The fourth-order valence-electron chi connectivity index (χ4n) is 5.74. The van der Waals surface area contributed by atoms with Gasteiger partial charge in [0.05, 0.1) is 44.9 Å². The van der Waals surface area contributed by atoms with Crippen molar-refractivity contribution in [2.45, 2.75) is 24.5 Å². The van der Waals surface area contributed by atoms with Crippen molar-refractivity contribution in [1.82, 2.24) is 0 Å². The zero-order chi connectivity index (χ0) is 22.0. The highest BCUT2D eigenvalue weighted by Gasteiger charge is 2.63. The Morgan fingerprint density at radius 1 is 1.09 bits per heavy atom. The molecule has 2 bridgehead atoms. The van der Waals surface area contributed by atoms with Crippen LogP contribution in [0.1, 0.15) is 15.9 Å². The number of methoxy groups -OCH3 is 2. The average molecular weight is 433 g/mol. The SMILES string of the molecule is COc1ccc(C(=O)[C@H]2[C@H]3[C@H](C(=O)[C@H]4OC[C@H]3O4)[C@H]3C=Cc4ccccc4N32)cc1OC. The van der Waals surface area contributed by atoms with Crippen LogP contribution in [0.2, 0.25) is 0 Å². The predicted octanol–water partition coefficient (Wildman–Crippen LogP) is 2.73. The molecule has 3 fully saturated rings. The first kappa shape index (κ1) is 19.5. The van der Waals surface area contributed by atoms with Crippen LogP contribution in [0.4, 0.5) is 5.69 Å². The summed E-state index contributed by atoms with van der Waals surface area (Å²) in [6, 6.07) is 12.4. The van der Waals surface area contributed by atoms with E-state index in [0.29, 0.717) is 23.7 Å². The summed E-state index contributed by atoms with van der Waals surface area (Å²) in [5.41, 5.74) is 2.49. The van der Waals surface area contributed by atoms with Gasteiger partial charge in [0, 0.05) is 17.2 Å². The molecule has 7 nitrogen and oxygen atoms in total. The molecule has 6 rings (SSSR count). The zero-order valence-corrected chi connectivity index (χ0v) is 17.8. The average Bonchev–Trinajstić information content (AvgIpc) is 3.43. The van der Waals surface area contributed by atoms with Crippen LogP contribution in [-0.2, 0) is 14.3 Å². The van der Waals surface area contributed by atoms with Gasteiger partial charge in [0.2, 0.25) is 6.29 Å². The Kier molecular flexibility index (Phi) is 4.38. The van der Waals surface area contributed by atoms with E-state index in [4.69, 9.17) is 18.9 Å². The summed E-state index contributed by atoms with van der Waals surface area (Å²) < 4.78 is 22.3. The third-order valence-corrected chi connectivity index (χ3v) is 7.09. The quantitative estimate of drug-likeness (QED) is 0.687. The van der Waals surface area contributed by atoms with E-state index in [0.717, 1.165) is 11.3 Å². The molecule has 0 saturated carbocycles. The number of anilines is 1. The molecular weight excluding hydrogens is 410 g/mol. The summed E-state index contributed by atoms with van der Waals surface area (Å²) in [6.07, 6.45) is 2.96. The van der Waals surface area contributed by atoms with Crippen LogP contribution < -0.4 is 14.4 Å². The zero-order valence-electron chi connectivity index (χ0n) is 17.8. The molecule has 0 radical (unpaired) electrons. The first-order chi connectivity index (χ1) is 15.6. The Hall–Kier alpha value is -3.16. The van der Waals surface area contributed by atoms with Gasteiger partial charge in [0.15, 0.2) is 23.1 Å². The van der Waals surface area contributed by atoms with E-state index < -0.39 is 12.3 Å². The van der Waals surface area contributed by atoms with Crippen LogP contribution in [0, 0.1) is 11.8 Å². The largest absolute Gasteiger partial charge is 0.493 e. The van der Waals surface area contributed by atoms with Crippen molar-refractivity contribution in [2.75, 3.05) is 25.7 Å². The van der Waals surface area contributed by atoms with Gasteiger partial charge in [-0.05, 0) is 29.8 Å². The van der Waals surface area contributed by atoms with Crippen LogP contribution in [0.15, 0.2) is 48.5 Å². The van der Waals surface area contributed by atoms with Gasteiger partial charge >= 0.3 is 0 Å². The fraction of sp³-hybridized carbons (Fsp3) is 0.360.